The zero-order valence-corrected chi connectivity index (χ0v) is 9.82. The van der Waals surface area contributed by atoms with Gasteiger partial charge in [0.25, 0.3) is 0 Å². The first kappa shape index (κ1) is 10.1. The van der Waals surface area contributed by atoms with Crippen LogP contribution in [0, 0.1) is 5.92 Å². The second-order valence-electron chi connectivity index (χ2n) is 5.37. The van der Waals surface area contributed by atoms with Crippen molar-refractivity contribution in [3.05, 3.63) is 47.5 Å². The zero-order chi connectivity index (χ0) is 11.2. The number of nitrogens with two attached hydrogens (primary N) is 1. The van der Waals surface area contributed by atoms with Gasteiger partial charge in [-0.15, -0.1) is 0 Å². The number of fused-ring (bicyclic) bond motifs is 3. The molecule has 3 atom stereocenters. The standard InChI is InChI=1S/C15H19N/c1-11-10-12-6-4-5-9-15(12,16)14-8-3-2-7-13(11)14/h2-5,7-8,11-12H,6,9-10,16H2,1H3. The third kappa shape index (κ3) is 1.28. The molecule has 0 bridgehead atoms. The van der Waals surface area contributed by atoms with Gasteiger partial charge in [0.05, 0.1) is 0 Å². The summed E-state index contributed by atoms with van der Waals surface area (Å²) in [5.74, 6) is 1.28. The van der Waals surface area contributed by atoms with E-state index in [1.54, 1.807) is 0 Å². The molecular weight excluding hydrogens is 194 g/mol. The van der Waals surface area contributed by atoms with Crippen LogP contribution >= 0.6 is 0 Å². The van der Waals surface area contributed by atoms with Crippen molar-refractivity contribution in [3.63, 3.8) is 0 Å². The first-order valence-electron chi connectivity index (χ1n) is 6.25. The molecule has 3 unspecified atom stereocenters. The predicted molar refractivity (Wildman–Crippen MR) is 67.2 cm³/mol. The molecule has 2 aliphatic rings. The fraction of sp³-hybridized carbons (Fsp3) is 0.467. The molecule has 3 rings (SSSR count). The van der Waals surface area contributed by atoms with Gasteiger partial charge in [-0.3, -0.25) is 0 Å². The lowest BCUT2D eigenvalue weighted by Crippen LogP contribution is -2.48. The van der Waals surface area contributed by atoms with Crippen LogP contribution in [0.4, 0.5) is 0 Å². The van der Waals surface area contributed by atoms with E-state index in [4.69, 9.17) is 5.73 Å². The third-order valence-electron chi connectivity index (χ3n) is 4.40. The molecule has 0 aromatic heterocycles. The SMILES string of the molecule is CC1CC2CC=CCC2(N)c2ccccc21. The summed E-state index contributed by atoms with van der Waals surface area (Å²) < 4.78 is 0. The lowest BCUT2D eigenvalue weighted by atomic mass is 9.62. The average Bonchev–Trinajstić information content (AvgIpc) is 2.31. The maximum atomic E-state index is 6.69. The van der Waals surface area contributed by atoms with Gasteiger partial charge in [0, 0.05) is 5.54 Å². The first-order chi connectivity index (χ1) is 7.72. The van der Waals surface area contributed by atoms with Crippen molar-refractivity contribution in [2.75, 3.05) is 0 Å². The van der Waals surface area contributed by atoms with E-state index < -0.39 is 0 Å². The maximum Gasteiger partial charge on any atom is 0.0479 e. The summed E-state index contributed by atoms with van der Waals surface area (Å²) in [4.78, 5) is 0. The minimum atomic E-state index is -0.0994. The molecule has 0 fully saturated rings. The van der Waals surface area contributed by atoms with Gasteiger partial charge < -0.3 is 5.73 Å². The highest BCUT2D eigenvalue weighted by atomic mass is 14.8. The highest BCUT2D eigenvalue weighted by Crippen LogP contribution is 2.48. The van der Waals surface area contributed by atoms with Gasteiger partial charge in [-0.25, -0.2) is 0 Å². The topological polar surface area (TPSA) is 26.0 Å². The Labute approximate surface area is 97.4 Å². The summed E-state index contributed by atoms with van der Waals surface area (Å²) >= 11 is 0. The summed E-state index contributed by atoms with van der Waals surface area (Å²) in [5.41, 5.74) is 9.45. The molecular formula is C15H19N. The van der Waals surface area contributed by atoms with Crippen molar-refractivity contribution in [1.29, 1.82) is 0 Å². The van der Waals surface area contributed by atoms with Crippen molar-refractivity contribution in [2.45, 2.75) is 37.6 Å². The Kier molecular flexibility index (Phi) is 2.18. The Bertz CT molecular complexity index is 435. The molecule has 16 heavy (non-hydrogen) atoms. The quantitative estimate of drug-likeness (QED) is 0.657. The van der Waals surface area contributed by atoms with E-state index in [0.29, 0.717) is 11.8 Å². The molecule has 1 heteroatoms. The van der Waals surface area contributed by atoms with Gasteiger partial charge >= 0.3 is 0 Å². The van der Waals surface area contributed by atoms with Crippen molar-refractivity contribution in [2.24, 2.45) is 11.7 Å². The molecule has 2 N–H and O–H groups in total. The number of hydrogen-bond acceptors (Lipinski definition) is 1. The molecule has 1 nitrogen and oxygen atoms in total. The van der Waals surface area contributed by atoms with Crippen molar-refractivity contribution in [3.8, 4) is 0 Å². The highest BCUT2D eigenvalue weighted by Gasteiger charge is 2.42. The molecule has 0 saturated heterocycles. The smallest absolute Gasteiger partial charge is 0.0479 e. The van der Waals surface area contributed by atoms with Crippen LogP contribution in [-0.4, -0.2) is 0 Å². The number of hydrogen-bond donors (Lipinski definition) is 1. The van der Waals surface area contributed by atoms with Crippen LogP contribution < -0.4 is 5.73 Å². The monoisotopic (exact) mass is 213 g/mol. The molecule has 0 heterocycles. The number of allylic oxidation sites excluding steroid dienone is 1. The minimum absolute atomic E-state index is 0.0994. The van der Waals surface area contributed by atoms with Crippen LogP contribution in [-0.2, 0) is 5.54 Å². The Morgan fingerprint density at radius 1 is 1.25 bits per heavy atom. The van der Waals surface area contributed by atoms with E-state index in [-0.39, 0.29) is 5.54 Å². The van der Waals surface area contributed by atoms with Crippen molar-refractivity contribution >= 4 is 0 Å². The van der Waals surface area contributed by atoms with E-state index in [9.17, 15) is 0 Å². The van der Waals surface area contributed by atoms with Crippen LogP contribution in [0.1, 0.15) is 43.2 Å². The minimum Gasteiger partial charge on any atom is -0.321 e. The van der Waals surface area contributed by atoms with Crippen LogP contribution in [0.15, 0.2) is 36.4 Å². The van der Waals surface area contributed by atoms with Crippen LogP contribution in [0.25, 0.3) is 0 Å². The highest BCUT2D eigenvalue weighted by molar-refractivity contribution is 5.40. The molecule has 2 aliphatic carbocycles. The zero-order valence-electron chi connectivity index (χ0n) is 9.82. The predicted octanol–water partition coefficient (Wildman–Crippen LogP) is 3.31. The average molecular weight is 213 g/mol. The van der Waals surface area contributed by atoms with Gasteiger partial charge in [-0.1, -0.05) is 43.3 Å². The van der Waals surface area contributed by atoms with Gasteiger partial charge in [0.2, 0.25) is 0 Å². The van der Waals surface area contributed by atoms with Crippen molar-refractivity contribution < 1.29 is 0 Å². The van der Waals surface area contributed by atoms with E-state index in [1.807, 2.05) is 0 Å². The number of rotatable bonds is 0. The Hall–Kier alpha value is -1.08. The summed E-state index contributed by atoms with van der Waals surface area (Å²) in [5, 5.41) is 0. The van der Waals surface area contributed by atoms with Crippen LogP contribution in [0.2, 0.25) is 0 Å². The van der Waals surface area contributed by atoms with Gasteiger partial charge in [0.15, 0.2) is 0 Å². The van der Waals surface area contributed by atoms with E-state index in [2.05, 4.69) is 43.3 Å². The lowest BCUT2D eigenvalue weighted by Gasteiger charge is -2.46. The fourth-order valence-electron chi connectivity index (χ4n) is 3.46. The number of benzene rings is 1. The second-order valence-corrected chi connectivity index (χ2v) is 5.37. The molecule has 0 saturated carbocycles. The maximum absolute atomic E-state index is 6.69. The van der Waals surface area contributed by atoms with Crippen molar-refractivity contribution in [1.82, 2.24) is 0 Å². The first-order valence-corrected chi connectivity index (χ1v) is 6.25. The Morgan fingerprint density at radius 3 is 2.94 bits per heavy atom. The van der Waals surface area contributed by atoms with Gasteiger partial charge in [-0.2, -0.15) is 0 Å². The summed E-state index contributed by atoms with van der Waals surface area (Å²) in [6, 6.07) is 8.75. The van der Waals surface area contributed by atoms with Crippen LogP contribution in [0.3, 0.4) is 0 Å². The summed E-state index contributed by atoms with van der Waals surface area (Å²) in [7, 11) is 0. The normalized spacial score (nSPS) is 36.6. The van der Waals surface area contributed by atoms with Gasteiger partial charge in [0.1, 0.15) is 0 Å². The molecule has 0 amide bonds. The molecule has 1 aromatic rings. The lowest BCUT2D eigenvalue weighted by molar-refractivity contribution is 0.217. The van der Waals surface area contributed by atoms with E-state index in [1.165, 1.54) is 17.5 Å². The second kappa shape index (κ2) is 3.46. The van der Waals surface area contributed by atoms with E-state index >= 15 is 0 Å². The third-order valence-corrected chi connectivity index (χ3v) is 4.40. The molecule has 0 spiro atoms. The summed E-state index contributed by atoms with van der Waals surface area (Å²) in [6.45, 7) is 2.33. The van der Waals surface area contributed by atoms with Gasteiger partial charge in [-0.05, 0) is 42.2 Å². The summed E-state index contributed by atoms with van der Waals surface area (Å²) in [6.07, 6.45) is 7.94. The molecule has 0 radical (unpaired) electrons. The van der Waals surface area contributed by atoms with Crippen LogP contribution in [0.5, 0.6) is 0 Å². The van der Waals surface area contributed by atoms with E-state index in [0.717, 1.165) is 12.8 Å². The Morgan fingerprint density at radius 2 is 2.06 bits per heavy atom. The molecule has 0 aliphatic heterocycles. The fourth-order valence-corrected chi connectivity index (χ4v) is 3.46. The Balaban J connectivity index is 2.16. The largest absolute Gasteiger partial charge is 0.321 e. The molecule has 1 aromatic carbocycles. The molecule has 84 valence electrons.